The van der Waals surface area contributed by atoms with Crippen molar-refractivity contribution >= 4 is 15.9 Å². The molecule has 0 heterocycles. The molecule has 2 N–H and O–H groups in total. The highest BCUT2D eigenvalue weighted by Gasteiger charge is 2.49. The van der Waals surface area contributed by atoms with Gasteiger partial charge in [-0.2, -0.15) is 0 Å². The summed E-state index contributed by atoms with van der Waals surface area (Å²) in [5.74, 6) is 0. The Hall–Kier alpha value is -0.340. The van der Waals surface area contributed by atoms with E-state index in [2.05, 4.69) is 54.0 Å². The maximum absolute atomic E-state index is 5.97. The number of benzene rings is 1. The van der Waals surface area contributed by atoms with E-state index in [-0.39, 0.29) is 5.41 Å². The molecule has 1 nitrogen and oxygen atoms in total. The zero-order valence-electron chi connectivity index (χ0n) is 9.39. The molecular formula is C13H18BrN. The second-order valence-electron chi connectivity index (χ2n) is 5.48. The number of hydrogen-bond donors (Lipinski definition) is 1. The van der Waals surface area contributed by atoms with Gasteiger partial charge in [-0.25, -0.2) is 0 Å². The molecule has 0 radical (unpaired) electrons. The molecule has 0 bridgehead atoms. The van der Waals surface area contributed by atoms with Crippen LogP contribution in [0.4, 0.5) is 0 Å². The van der Waals surface area contributed by atoms with E-state index in [9.17, 15) is 0 Å². The van der Waals surface area contributed by atoms with Gasteiger partial charge in [-0.05, 0) is 29.9 Å². The van der Waals surface area contributed by atoms with Gasteiger partial charge < -0.3 is 5.73 Å². The summed E-state index contributed by atoms with van der Waals surface area (Å²) >= 11 is 3.63. The number of hydrogen-bond acceptors (Lipinski definition) is 1. The number of rotatable bonds is 2. The second kappa shape index (κ2) is 3.60. The molecule has 82 valence electrons. The van der Waals surface area contributed by atoms with Crippen molar-refractivity contribution in [1.29, 1.82) is 0 Å². The normalized spacial score (nSPS) is 22.1. The summed E-state index contributed by atoms with van der Waals surface area (Å²) in [4.78, 5) is 0. The van der Waals surface area contributed by atoms with Crippen LogP contribution in [0.25, 0.3) is 0 Å². The predicted molar refractivity (Wildman–Crippen MR) is 67.9 cm³/mol. The van der Waals surface area contributed by atoms with Gasteiger partial charge in [0, 0.05) is 16.4 Å². The van der Waals surface area contributed by atoms with Gasteiger partial charge in [0.05, 0.1) is 0 Å². The number of halogens is 1. The lowest BCUT2D eigenvalue weighted by Crippen LogP contribution is -2.51. The summed E-state index contributed by atoms with van der Waals surface area (Å²) in [6, 6.07) is 8.47. The van der Waals surface area contributed by atoms with E-state index >= 15 is 0 Å². The fourth-order valence-electron chi connectivity index (χ4n) is 3.12. The van der Waals surface area contributed by atoms with Crippen LogP contribution < -0.4 is 5.73 Å². The minimum Gasteiger partial charge on any atom is -0.330 e. The third-order valence-electron chi connectivity index (χ3n) is 3.47. The van der Waals surface area contributed by atoms with Crippen LogP contribution in [0.15, 0.2) is 28.7 Å². The lowest BCUT2D eigenvalue weighted by atomic mass is 9.52. The van der Waals surface area contributed by atoms with Crippen LogP contribution in [0, 0.1) is 5.41 Å². The Bertz CT molecular complexity index is 363. The molecule has 0 spiro atoms. The summed E-state index contributed by atoms with van der Waals surface area (Å²) in [6.45, 7) is 5.38. The van der Waals surface area contributed by atoms with E-state index in [1.807, 2.05) is 0 Å². The van der Waals surface area contributed by atoms with Crippen molar-refractivity contribution in [2.45, 2.75) is 32.1 Å². The Balaban J connectivity index is 2.34. The standard InChI is InChI=1S/C13H18BrN/c1-12(2)7-13(8-12,9-15)10-5-3-4-6-11(10)14/h3-6H,7-9,15H2,1-2H3. The van der Waals surface area contributed by atoms with Crippen molar-refractivity contribution in [1.82, 2.24) is 0 Å². The van der Waals surface area contributed by atoms with E-state index in [0.717, 1.165) is 6.54 Å². The van der Waals surface area contributed by atoms with Crippen LogP contribution in [0.5, 0.6) is 0 Å². The van der Waals surface area contributed by atoms with Crippen molar-refractivity contribution in [2.24, 2.45) is 11.1 Å². The maximum Gasteiger partial charge on any atom is 0.0213 e. The lowest BCUT2D eigenvalue weighted by molar-refractivity contribution is 0.0629. The molecule has 0 amide bonds. The topological polar surface area (TPSA) is 26.0 Å². The first-order chi connectivity index (χ1) is 6.99. The SMILES string of the molecule is CC1(C)CC(CN)(c2ccccc2Br)C1. The summed E-state index contributed by atoms with van der Waals surface area (Å²) in [5.41, 5.74) is 8.02. The monoisotopic (exact) mass is 267 g/mol. The Morgan fingerprint density at radius 1 is 1.27 bits per heavy atom. The molecule has 1 aliphatic rings. The predicted octanol–water partition coefficient (Wildman–Crippen LogP) is 3.47. The van der Waals surface area contributed by atoms with Crippen LogP contribution >= 0.6 is 15.9 Å². The Kier molecular flexibility index (Phi) is 2.68. The molecule has 1 aliphatic carbocycles. The zero-order chi connectivity index (χ0) is 11.1. The minimum absolute atomic E-state index is 0.212. The Morgan fingerprint density at radius 2 is 1.87 bits per heavy atom. The lowest BCUT2D eigenvalue weighted by Gasteiger charge is -2.53. The molecule has 1 aromatic carbocycles. The molecule has 0 saturated heterocycles. The van der Waals surface area contributed by atoms with Gasteiger partial charge in [0.2, 0.25) is 0 Å². The van der Waals surface area contributed by atoms with E-state index < -0.39 is 0 Å². The van der Waals surface area contributed by atoms with Gasteiger partial charge in [0.1, 0.15) is 0 Å². The van der Waals surface area contributed by atoms with Gasteiger partial charge in [-0.1, -0.05) is 48.0 Å². The highest BCUT2D eigenvalue weighted by atomic mass is 79.9. The molecule has 1 saturated carbocycles. The highest BCUT2D eigenvalue weighted by Crippen LogP contribution is 2.55. The summed E-state index contributed by atoms with van der Waals surface area (Å²) in [5, 5.41) is 0. The van der Waals surface area contributed by atoms with Gasteiger partial charge >= 0.3 is 0 Å². The molecule has 15 heavy (non-hydrogen) atoms. The molecule has 0 aliphatic heterocycles. The van der Waals surface area contributed by atoms with Crippen LogP contribution in [-0.4, -0.2) is 6.54 Å². The third kappa shape index (κ3) is 1.85. The highest BCUT2D eigenvalue weighted by molar-refractivity contribution is 9.10. The van der Waals surface area contributed by atoms with Crippen LogP contribution in [0.1, 0.15) is 32.3 Å². The first-order valence-corrected chi connectivity index (χ1v) is 6.24. The molecule has 1 aromatic rings. The summed E-state index contributed by atoms with van der Waals surface area (Å²) in [7, 11) is 0. The fourth-order valence-corrected chi connectivity index (χ4v) is 3.82. The average Bonchev–Trinajstić information content (AvgIpc) is 2.14. The molecule has 0 aromatic heterocycles. The smallest absolute Gasteiger partial charge is 0.0213 e. The van der Waals surface area contributed by atoms with E-state index in [4.69, 9.17) is 5.73 Å². The zero-order valence-corrected chi connectivity index (χ0v) is 11.0. The molecule has 2 heteroatoms. The van der Waals surface area contributed by atoms with Crippen molar-refractivity contribution in [3.63, 3.8) is 0 Å². The summed E-state index contributed by atoms with van der Waals surface area (Å²) < 4.78 is 1.20. The van der Waals surface area contributed by atoms with Crippen molar-refractivity contribution in [2.75, 3.05) is 6.54 Å². The van der Waals surface area contributed by atoms with Gasteiger partial charge in [0.15, 0.2) is 0 Å². The largest absolute Gasteiger partial charge is 0.330 e. The Labute approximate surface area is 100 Å². The molecule has 0 unspecified atom stereocenters. The van der Waals surface area contributed by atoms with Crippen LogP contribution in [0.3, 0.4) is 0 Å². The van der Waals surface area contributed by atoms with Gasteiger partial charge in [-0.15, -0.1) is 0 Å². The first-order valence-electron chi connectivity index (χ1n) is 5.44. The van der Waals surface area contributed by atoms with E-state index in [1.54, 1.807) is 0 Å². The van der Waals surface area contributed by atoms with Crippen LogP contribution in [0.2, 0.25) is 0 Å². The maximum atomic E-state index is 5.97. The van der Waals surface area contributed by atoms with Crippen molar-refractivity contribution in [3.8, 4) is 0 Å². The molecular weight excluding hydrogens is 250 g/mol. The molecule has 2 rings (SSSR count). The second-order valence-corrected chi connectivity index (χ2v) is 6.34. The number of nitrogens with two attached hydrogens (primary N) is 1. The van der Waals surface area contributed by atoms with E-state index in [0.29, 0.717) is 5.41 Å². The fraction of sp³-hybridized carbons (Fsp3) is 0.538. The average molecular weight is 268 g/mol. The van der Waals surface area contributed by atoms with Gasteiger partial charge in [-0.3, -0.25) is 0 Å². The first kappa shape index (κ1) is 11.2. The third-order valence-corrected chi connectivity index (χ3v) is 4.16. The minimum atomic E-state index is 0.212. The van der Waals surface area contributed by atoms with Gasteiger partial charge in [0.25, 0.3) is 0 Å². The van der Waals surface area contributed by atoms with Crippen molar-refractivity contribution in [3.05, 3.63) is 34.3 Å². The summed E-state index contributed by atoms with van der Waals surface area (Å²) in [6.07, 6.45) is 2.39. The van der Waals surface area contributed by atoms with Crippen LogP contribution in [-0.2, 0) is 5.41 Å². The molecule has 1 fully saturated rings. The Morgan fingerprint density at radius 3 is 2.33 bits per heavy atom. The molecule has 0 atom stereocenters. The van der Waals surface area contributed by atoms with E-state index in [1.165, 1.54) is 22.9 Å². The quantitative estimate of drug-likeness (QED) is 0.873. The van der Waals surface area contributed by atoms with Crippen molar-refractivity contribution < 1.29 is 0 Å².